The summed E-state index contributed by atoms with van der Waals surface area (Å²) < 4.78 is 18.5. The molecular formula is C13H15FN2O. The number of nitrogens with one attached hydrogen (secondary N) is 1. The van der Waals surface area contributed by atoms with Gasteiger partial charge in [0.05, 0.1) is 23.7 Å². The van der Waals surface area contributed by atoms with Crippen LogP contribution in [0.4, 0.5) is 15.8 Å². The minimum absolute atomic E-state index is 0.0165. The molecule has 3 N–H and O–H groups in total. The van der Waals surface area contributed by atoms with Crippen LogP contribution in [0.5, 0.6) is 0 Å². The van der Waals surface area contributed by atoms with E-state index in [0.717, 1.165) is 5.76 Å². The molecular weight excluding hydrogens is 219 g/mol. The van der Waals surface area contributed by atoms with Crippen molar-refractivity contribution in [2.45, 2.75) is 19.9 Å². The van der Waals surface area contributed by atoms with E-state index in [0.29, 0.717) is 16.9 Å². The molecule has 3 nitrogen and oxygen atoms in total. The predicted molar refractivity (Wildman–Crippen MR) is 66.3 cm³/mol. The first kappa shape index (κ1) is 11.5. The molecule has 90 valence electrons. The van der Waals surface area contributed by atoms with Gasteiger partial charge in [0.25, 0.3) is 0 Å². The molecule has 2 rings (SSSR count). The largest absolute Gasteiger partial charge is 0.467 e. The van der Waals surface area contributed by atoms with Gasteiger partial charge in [-0.15, -0.1) is 0 Å². The van der Waals surface area contributed by atoms with Gasteiger partial charge in [0.1, 0.15) is 11.6 Å². The van der Waals surface area contributed by atoms with Gasteiger partial charge in [-0.1, -0.05) is 0 Å². The van der Waals surface area contributed by atoms with Crippen LogP contribution in [-0.4, -0.2) is 0 Å². The highest BCUT2D eigenvalue weighted by molar-refractivity contribution is 5.67. The van der Waals surface area contributed by atoms with Gasteiger partial charge < -0.3 is 15.5 Å². The summed E-state index contributed by atoms with van der Waals surface area (Å²) in [6.45, 7) is 3.66. The smallest absolute Gasteiger partial charge is 0.128 e. The van der Waals surface area contributed by atoms with Gasteiger partial charge in [-0.05, 0) is 43.7 Å². The second-order valence-electron chi connectivity index (χ2n) is 4.07. The predicted octanol–water partition coefficient (Wildman–Crippen LogP) is 3.48. The molecule has 1 atom stereocenters. The third kappa shape index (κ3) is 2.41. The number of furan rings is 1. The monoisotopic (exact) mass is 234 g/mol. The van der Waals surface area contributed by atoms with E-state index in [4.69, 9.17) is 10.2 Å². The normalized spacial score (nSPS) is 12.4. The highest BCUT2D eigenvalue weighted by Gasteiger charge is 2.11. The molecule has 0 spiro atoms. The van der Waals surface area contributed by atoms with E-state index >= 15 is 0 Å². The van der Waals surface area contributed by atoms with Crippen LogP contribution in [-0.2, 0) is 0 Å². The standard InChI is InChI=1S/C13H15FN2O/c1-8-6-12(11(15)7-10(8)14)16-9(2)13-4-3-5-17-13/h3-7,9,16H,15H2,1-2H3. The summed E-state index contributed by atoms with van der Waals surface area (Å²) in [4.78, 5) is 0. The van der Waals surface area contributed by atoms with Gasteiger partial charge in [-0.2, -0.15) is 0 Å². The Kier molecular flexibility index (Phi) is 3.04. The van der Waals surface area contributed by atoms with E-state index in [9.17, 15) is 4.39 Å². The van der Waals surface area contributed by atoms with Crippen LogP contribution in [0.1, 0.15) is 24.3 Å². The Balaban J connectivity index is 2.22. The number of halogens is 1. The van der Waals surface area contributed by atoms with Crippen LogP contribution >= 0.6 is 0 Å². The average Bonchev–Trinajstić information content (AvgIpc) is 2.79. The molecule has 0 amide bonds. The Morgan fingerprint density at radius 3 is 2.82 bits per heavy atom. The third-order valence-electron chi connectivity index (χ3n) is 2.67. The number of rotatable bonds is 3. The van der Waals surface area contributed by atoms with Crippen LogP contribution < -0.4 is 11.1 Å². The van der Waals surface area contributed by atoms with Crippen LogP contribution in [0, 0.1) is 12.7 Å². The van der Waals surface area contributed by atoms with E-state index < -0.39 is 0 Å². The van der Waals surface area contributed by atoms with Gasteiger partial charge in [0.2, 0.25) is 0 Å². The maximum atomic E-state index is 13.2. The van der Waals surface area contributed by atoms with Crippen molar-refractivity contribution >= 4 is 11.4 Å². The van der Waals surface area contributed by atoms with E-state index in [1.54, 1.807) is 19.3 Å². The van der Waals surface area contributed by atoms with Crippen molar-refractivity contribution in [2.24, 2.45) is 0 Å². The van der Waals surface area contributed by atoms with Crippen LogP contribution in [0.3, 0.4) is 0 Å². The van der Waals surface area contributed by atoms with E-state index in [1.165, 1.54) is 6.07 Å². The molecule has 0 fully saturated rings. The topological polar surface area (TPSA) is 51.2 Å². The molecule has 0 bridgehead atoms. The van der Waals surface area contributed by atoms with Crippen molar-refractivity contribution in [3.63, 3.8) is 0 Å². The van der Waals surface area contributed by atoms with Crippen molar-refractivity contribution in [2.75, 3.05) is 11.1 Å². The molecule has 1 aromatic carbocycles. The Morgan fingerprint density at radius 2 is 2.18 bits per heavy atom. The zero-order valence-corrected chi connectivity index (χ0v) is 9.83. The Bertz CT molecular complexity index is 508. The zero-order valence-electron chi connectivity index (χ0n) is 9.83. The van der Waals surface area contributed by atoms with Crippen molar-refractivity contribution in [1.29, 1.82) is 0 Å². The fourth-order valence-electron chi connectivity index (χ4n) is 1.66. The molecule has 0 radical (unpaired) electrons. The number of hydrogen-bond donors (Lipinski definition) is 2. The lowest BCUT2D eigenvalue weighted by atomic mass is 10.1. The molecule has 1 heterocycles. The summed E-state index contributed by atoms with van der Waals surface area (Å²) in [6, 6.07) is 6.71. The summed E-state index contributed by atoms with van der Waals surface area (Å²) in [6.07, 6.45) is 1.62. The van der Waals surface area contributed by atoms with Crippen LogP contribution in [0.2, 0.25) is 0 Å². The fourth-order valence-corrected chi connectivity index (χ4v) is 1.66. The average molecular weight is 234 g/mol. The molecule has 0 aliphatic carbocycles. The zero-order chi connectivity index (χ0) is 12.4. The summed E-state index contributed by atoms with van der Waals surface area (Å²) in [5, 5.41) is 3.20. The van der Waals surface area contributed by atoms with Crippen molar-refractivity contribution in [1.82, 2.24) is 0 Å². The molecule has 1 aromatic heterocycles. The molecule has 2 aromatic rings. The highest BCUT2D eigenvalue weighted by Crippen LogP contribution is 2.26. The summed E-state index contributed by atoms with van der Waals surface area (Å²) in [7, 11) is 0. The minimum atomic E-state index is -0.293. The van der Waals surface area contributed by atoms with E-state index in [1.807, 2.05) is 19.1 Å². The molecule has 17 heavy (non-hydrogen) atoms. The number of aryl methyl sites for hydroxylation is 1. The van der Waals surface area contributed by atoms with Gasteiger partial charge >= 0.3 is 0 Å². The highest BCUT2D eigenvalue weighted by atomic mass is 19.1. The van der Waals surface area contributed by atoms with Crippen LogP contribution in [0.15, 0.2) is 34.9 Å². The number of benzene rings is 1. The lowest BCUT2D eigenvalue weighted by Crippen LogP contribution is -2.08. The molecule has 0 aliphatic rings. The molecule has 0 aliphatic heterocycles. The van der Waals surface area contributed by atoms with Crippen LogP contribution in [0.25, 0.3) is 0 Å². The SMILES string of the molecule is Cc1cc(NC(C)c2ccco2)c(N)cc1F. The van der Waals surface area contributed by atoms with Gasteiger partial charge in [0.15, 0.2) is 0 Å². The number of nitrogen functional groups attached to an aromatic ring is 1. The maximum Gasteiger partial charge on any atom is 0.128 e. The molecule has 1 unspecified atom stereocenters. The Morgan fingerprint density at radius 1 is 1.41 bits per heavy atom. The van der Waals surface area contributed by atoms with Crippen molar-refractivity contribution in [3.05, 3.63) is 47.7 Å². The molecule has 0 saturated carbocycles. The first-order chi connectivity index (χ1) is 8.08. The molecule has 4 heteroatoms. The van der Waals surface area contributed by atoms with Gasteiger partial charge in [0, 0.05) is 0 Å². The first-order valence-corrected chi connectivity index (χ1v) is 5.43. The minimum Gasteiger partial charge on any atom is -0.467 e. The molecule has 0 saturated heterocycles. The van der Waals surface area contributed by atoms with Gasteiger partial charge in [-0.25, -0.2) is 4.39 Å². The number of nitrogens with two attached hydrogens (primary N) is 1. The van der Waals surface area contributed by atoms with Crippen molar-refractivity contribution < 1.29 is 8.81 Å². The summed E-state index contributed by atoms with van der Waals surface area (Å²) in [5.74, 6) is 0.519. The van der Waals surface area contributed by atoms with E-state index in [-0.39, 0.29) is 11.9 Å². The maximum absolute atomic E-state index is 13.2. The van der Waals surface area contributed by atoms with Gasteiger partial charge in [-0.3, -0.25) is 0 Å². The summed E-state index contributed by atoms with van der Waals surface area (Å²) >= 11 is 0. The fraction of sp³-hybridized carbons (Fsp3) is 0.231. The first-order valence-electron chi connectivity index (χ1n) is 5.43. The number of anilines is 2. The Hall–Kier alpha value is -1.97. The third-order valence-corrected chi connectivity index (χ3v) is 2.67. The lowest BCUT2D eigenvalue weighted by Gasteiger charge is -2.15. The Labute approximate surface area is 99.4 Å². The van der Waals surface area contributed by atoms with E-state index in [2.05, 4.69) is 5.32 Å². The summed E-state index contributed by atoms with van der Waals surface area (Å²) in [5.41, 5.74) is 7.43. The lowest BCUT2D eigenvalue weighted by molar-refractivity contribution is 0.490. The second kappa shape index (κ2) is 4.49. The number of hydrogen-bond acceptors (Lipinski definition) is 3. The second-order valence-corrected chi connectivity index (χ2v) is 4.07. The van der Waals surface area contributed by atoms with Crippen molar-refractivity contribution in [3.8, 4) is 0 Å². The quantitative estimate of drug-likeness (QED) is 0.799.